The number of aryl methyl sites for hydroxylation is 3. The molecule has 0 fully saturated rings. The largest absolute Gasteiger partial charge is 0.481 e. The molecule has 0 aliphatic rings. The Labute approximate surface area is 99.9 Å². The minimum Gasteiger partial charge on any atom is -0.481 e. The molecule has 0 aliphatic carbocycles. The molecular weight excluding hydrogens is 220 g/mol. The van der Waals surface area contributed by atoms with Crippen molar-refractivity contribution < 1.29 is 19.8 Å². The summed E-state index contributed by atoms with van der Waals surface area (Å²) in [5.74, 6) is -1.68. The molecule has 0 aliphatic heterocycles. The van der Waals surface area contributed by atoms with Gasteiger partial charge in [-0.25, -0.2) is 0 Å². The van der Waals surface area contributed by atoms with E-state index in [0.29, 0.717) is 12.8 Å². The van der Waals surface area contributed by atoms with Gasteiger partial charge in [-0.15, -0.1) is 0 Å². The van der Waals surface area contributed by atoms with Crippen LogP contribution in [0.25, 0.3) is 0 Å². The van der Waals surface area contributed by atoms with Gasteiger partial charge in [-0.1, -0.05) is 23.8 Å². The van der Waals surface area contributed by atoms with Crippen molar-refractivity contribution in [2.45, 2.75) is 32.6 Å². The zero-order chi connectivity index (χ0) is 12.8. The Hall–Kier alpha value is -1.84. The van der Waals surface area contributed by atoms with Crippen molar-refractivity contribution >= 4 is 11.9 Å². The van der Waals surface area contributed by atoms with Crippen molar-refractivity contribution in [3.05, 3.63) is 34.9 Å². The second-order valence-corrected chi connectivity index (χ2v) is 4.06. The minimum atomic E-state index is -0.838. The molecule has 0 aromatic heterocycles. The van der Waals surface area contributed by atoms with E-state index >= 15 is 0 Å². The number of hydrogen-bond acceptors (Lipinski definition) is 2. The van der Waals surface area contributed by atoms with E-state index in [9.17, 15) is 9.59 Å². The lowest BCUT2D eigenvalue weighted by Crippen LogP contribution is -2.03. The average Bonchev–Trinajstić information content (AvgIpc) is 2.24. The van der Waals surface area contributed by atoms with Crippen LogP contribution in [0.2, 0.25) is 0 Å². The van der Waals surface area contributed by atoms with Gasteiger partial charge in [-0.2, -0.15) is 0 Å². The van der Waals surface area contributed by atoms with Gasteiger partial charge in [-0.3, -0.25) is 9.59 Å². The zero-order valence-electron chi connectivity index (χ0n) is 9.77. The van der Waals surface area contributed by atoms with Crippen molar-refractivity contribution in [2.75, 3.05) is 0 Å². The predicted molar refractivity (Wildman–Crippen MR) is 63.1 cm³/mol. The standard InChI is InChI=1S/C13H16O4/c1-9-2-3-10(4-6-12(14)15)11(8-9)5-7-13(16)17/h2-3,8H,4-7H2,1H3,(H,14,15)(H,16,17). The highest BCUT2D eigenvalue weighted by Crippen LogP contribution is 2.15. The van der Waals surface area contributed by atoms with E-state index < -0.39 is 11.9 Å². The van der Waals surface area contributed by atoms with Crippen LogP contribution in [-0.2, 0) is 22.4 Å². The molecule has 0 atom stereocenters. The molecule has 4 heteroatoms. The molecule has 0 saturated heterocycles. The van der Waals surface area contributed by atoms with E-state index in [-0.39, 0.29) is 12.8 Å². The molecule has 0 unspecified atom stereocenters. The molecule has 92 valence electrons. The summed E-state index contributed by atoms with van der Waals surface area (Å²) < 4.78 is 0. The molecule has 0 bridgehead atoms. The van der Waals surface area contributed by atoms with Crippen LogP contribution in [-0.4, -0.2) is 22.2 Å². The van der Waals surface area contributed by atoms with Crippen molar-refractivity contribution in [1.29, 1.82) is 0 Å². The maximum atomic E-state index is 10.5. The highest BCUT2D eigenvalue weighted by Gasteiger charge is 2.07. The van der Waals surface area contributed by atoms with Crippen molar-refractivity contribution in [3.8, 4) is 0 Å². The van der Waals surface area contributed by atoms with Crippen LogP contribution in [0.15, 0.2) is 18.2 Å². The summed E-state index contributed by atoms with van der Waals surface area (Å²) in [6, 6.07) is 5.73. The quantitative estimate of drug-likeness (QED) is 0.792. The minimum absolute atomic E-state index is 0.0726. The van der Waals surface area contributed by atoms with E-state index in [1.165, 1.54) is 0 Å². The van der Waals surface area contributed by atoms with E-state index in [0.717, 1.165) is 16.7 Å². The third kappa shape index (κ3) is 4.68. The Morgan fingerprint density at radius 2 is 1.53 bits per heavy atom. The Balaban J connectivity index is 2.79. The van der Waals surface area contributed by atoms with Crippen LogP contribution in [0.1, 0.15) is 29.5 Å². The fourth-order valence-electron chi connectivity index (χ4n) is 1.71. The molecule has 4 nitrogen and oxygen atoms in total. The number of hydrogen-bond donors (Lipinski definition) is 2. The van der Waals surface area contributed by atoms with Crippen LogP contribution in [0.5, 0.6) is 0 Å². The lowest BCUT2D eigenvalue weighted by Gasteiger charge is -2.08. The highest BCUT2D eigenvalue weighted by molar-refractivity contribution is 5.68. The van der Waals surface area contributed by atoms with Gasteiger partial charge < -0.3 is 10.2 Å². The summed E-state index contributed by atoms with van der Waals surface area (Å²) in [5.41, 5.74) is 2.93. The summed E-state index contributed by atoms with van der Waals surface area (Å²) in [6.07, 6.45) is 1.04. The van der Waals surface area contributed by atoms with Gasteiger partial charge in [0.1, 0.15) is 0 Å². The van der Waals surface area contributed by atoms with Crippen LogP contribution in [0.3, 0.4) is 0 Å². The summed E-state index contributed by atoms with van der Waals surface area (Å²) in [6.45, 7) is 1.94. The first-order valence-corrected chi connectivity index (χ1v) is 5.51. The lowest BCUT2D eigenvalue weighted by atomic mass is 9.97. The van der Waals surface area contributed by atoms with Gasteiger partial charge >= 0.3 is 11.9 Å². The van der Waals surface area contributed by atoms with Gasteiger partial charge in [0.25, 0.3) is 0 Å². The van der Waals surface area contributed by atoms with E-state index in [1.807, 2.05) is 25.1 Å². The topological polar surface area (TPSA) is 74.6 Å². The van der Waals surface area contributed by atoms with Gasteiger partial charge in [-0.05, 0) is 30.9 Å². The summed E-state index contributed by atoms with van der Waals surface area (Å²) in [7, 11) is 0. The molecule has 0 amide bonds. The molecule has 0 saturated carbocycles. The summed E-state index contributed by atoms with van der Waals surface area (Å²) >= 11 is 0. The Bertz CT molecular complexity index is 423. The van der Waals surface area contributed by atoms with Gasteiger partial charge in [0.2, 0.25) is 0 Å². The first-order chi connectivity index (χ1) is 7.99. The smallest absolute Gasteiger partial charge is 0.303 e. The lowest BCUT2D eigenvalue weighted by molar-refractivity contribution is -0.138. The normalized spacial score (nSPS) is 10.2. The second-order valence-electron chi connectivity index (χ2n) is 4.06. The number of aliphatic carboxylic acids is 2. The van der Waals surface area contributed by atoms with Crippen molar-refractivity contribution in [3.63, 3.8) is 0 Å². The fraction of sp³-hybridized carbons (Fsp3) is 0.385. The Kier molecular flexibility index (Phi) is 4.69. The van der Waals surface area contributed by atoms with E-state index in [4.69, 9.17) is 10.2 Å². The van der Waals surface area contributed by atoms with Gasteiger partial charge in [0.15, 0.2) is 0 Å². The van der Waals surface area contributed by atoms with Crippen molar-refractivity contribution in [2.24, 2.45) is 0 Å². The monoisotopic (exact) mass is 236 g/mol. The summed E-state index contributed by atoms with van der Waals surface area (Å²) in [5, 5.41) is 17.3. The molecule has 17 heavy (non-hydrogen) atoms. The van der Waals surface area contributed by atoms with Gasteiger partial charge in [0.05, 0.1) is 0 Å². The zero-order valence-corrected chi connectivity index (χ0v) is 9.77. The maximum Gasteiger partial charge on any atom is 0.303 e. The van der Waals surface area contributed by atoms with Gasteiger partial charge in [0, 0.05) is 12.8 Å². The molecule has 1 aromatic carbocycles. The number of benzene rings is 1. The Morgan fingerprint density at radius 1 is 1.00 bits per heavy atom. The first kappa shape index (κ1) is 13.2. The first-order valence-electron chi connectivity index (χ1n) is 5.51. The van der Waals surface area contributed by atoms with Crippen LogP contribution in [0.4, 0.5) is 0 Å². The molecular formula is C13H16O4. The molecule has 0 spiro atoms. The third-order valence-corrected chi connectivity index (χ3v) is 2.58. The van der Waals surface area contributed by atoms with Crippen LogP contribution in [0, 0.1) is 6.92 Å². The highest BCUT2D eigenvalue weighted by atomic mass is 16.4. The predicted octanol–water partition coefficient (Wildman–Crippen LogP) is 2.03. The SMILES string of the molecule is Cc1ccc(CCC(=O)O)c(CCC(=O)O)c1. The van der Waals surface area contributed by atoms with Crippen LogP contribution < -0.4 is 0 Å². The van der Waals surface area contributed by atoms with E-state index in [1.54, 1.807) is 0 Å². The molecule has 0 radical (unpaired) electrons. The molecule has 2 N–H and O–H groups in total. The number of carboxylic acids is 2. The molecule has 1 aromatic rings. The van der Waals surface area contributed by atoms with Crippen molar-refractivity contribution in [1.82, 2.24) is 0 Å². The second kappa shape index (κ2) is 6.03. The molecule has 0 heterocycles. The maximum absolute atomic E-state index is 10.5. The van der Waals surface area contributed by atoms with E-state index in [2.05, 4.69) is 0 Å². The Morgan fingerprint density at radius 3 is 2.06 bits per heavy atom. The molecule has 1 rings (SSSR count). The number of rotatable bonds is 6. The average molecular weight is 236 g/mol. The number of carbonyl (C=O) groups is 2. The number of carboxylic acid groups (broad SMARTS) is 2. The van der Waals surface area contributed by atoms with Crippen LogP contribution >= 0.6 is 0 Å². The third-order valence-electron chi connectivity index (χ3n) is 2.58. The summed E-state index contributed by atoms with van der Waals surface area (Å²) in [4.78, 5) is 21.1. The fourth-order valence-corrected chi connectivity index (χ4v) is 1.71.